The lowest BCUT2D eigenvalue weighted by Gasteiger charge is -2.15. The van der Waals surface area contributed by atoms with E-state index in [-0.39, 0.29) is 12.0 Å². The molecule has 2 rings (SSSR count). The predicted molar refractivity (Wildman–Crippen MR) is 83.4 cm³/mol. The monoisotopic (exact) mass is 287 g/mol. The van der Waals surface area contributed by atoms with E-state index in [9.17, 15) is 0 Å². The first-order valence-corrected chi connectivity index (χ1v) is 6.98. The van der Waals surface area contributed by atoms with Crippen LogP contribution in [-0.2, 0) is 0 Å². The van der Waals surface area contributed by atoms with Crippen molar-refractivity contribution in [2.45, 2.75) is 32.7 Å². The van der Waals surface area contributed by atoms with Crippen LogP contribution in [0.1, 0.15) is 32.3 Å². The second kappa shape index (κ2) is 6.88. The van der Waals surface area contributed by atoms with Gasteiger partial charge in [0.15, 0.2) is 0 Å². The Kier molecular flexibility index (Phi) is 4.92. The van der Waals surface area contributed by atoms with E-state index in [1.807, 2.05) is 19.1 Å². The maximum atomic E-state index is 5.80. The van der Waals surface area contributed by atoms with Crippen molar-refractivity contribution in [2.75, 3.05) is 17.7 Å². The minimum Gasteiger partial charge on any atom is -0.491 e. The van der Waals surface area contributed by atoms with Crippen LogP contribution >= 0.6 is 0 Å². The molecule has 0 aliphatic rings. The van der Waals surface area contributed by atoms with Gasteiger partial charge in [0.2, 0.25) is 11.9 Å². The molecule has 21 heavy (non-hydrogen) atoms. The maximum absolute atomic E-state index is 5.80. The molecule has 112 valence electrons. The van der Waals surface area contributed by atoms with Gasteiger partial charge in [0.05, 0.1) is 6.04 Å². The van der Waals surface area contributed by atoms with Crippen molar-refractivity contribution in [1.29, 1.82) is 0 Å². The summed E-state index contributed by atoms with van der Waals surface area (Å²) < 4.78 is 5.80. The predicted octanol–water partition coefficient (Wildman–Crippen LogP) is 2.46. The number of benzene rings is 1. The summed E-state index contributed by atoms with van der Waals surface area (Å²) in [5.74, 6) is 2.00. The van der Waals surface area contributed by atoms with Crippen molar-refractivity contribution >= 4 is 11.9 Å². The Hall–Kier alpha value is -2.37. The summed E-state index contributed by atoms with van der Waals surface area (Å²) in [6.45, 7) is 6.82. The molecule has 0 saturated heterocycles. The van der Waals surface area contributed by atoms with Gasteiger partial charge in [-0.05, 0) is 30.5 Å². The Balaban J connectivity index is 1.89. The van der Waals surface area contributed by atoms with Crippen LogP contribution in [0.15, 0.2) is 30.6 Å². The smallest absolute Gasteiger partial charge is 0.227 e. The standard InChI is InChI=1S/C15H21N5O/c1-10(2)12-5-4-6-13(7-12)21-8-11(3)19-15-18-9-17-14(16)20-15/h4-7,9-11H,8H2,1-3H3,(H3,16,17,18,19,20). The van der Waals surface area contributed by atoms with Gasteiger partial charge in [0, 0.05) is 0 Å². The van der Waals surface area contributed by atoms with E-state index >= 15 is 0 Å². The Labute approximate surface area is 124 Å². The van der Waals surface area contributed by atoms with Gasteiger partial charge in [-0.3, -0.25) is 0 Å². The molecule has 0 aliphatic heterocycles. The average molecular weight is 287 g/mol. The van der Waals surface area contributed by atoms with Crippen LogP contribution in [0.4, 0.5) is 11.9 Å². The zero-order valence-electron chi connectivity index (χ0n) is 12.6. The number of nitrogens with two attached hydrogens (primary N) is 1. The molecular formula is C15H21N5O. The number of anilines is 2. The molecule has 6 nitrogen and oxygen atoms in total. The first-order chi connectivity index (χ1) is 10.0. The summed E-state index contributed by atoms with van der Waals surface area (Å²) in [7, 11) is 0. The van der Waals surface area contributed by atoms with E-state index in [4.69, 9.17) is 10.5 Å². The number of rotatable bonds is 6. The van der Waals surface area contributed by atoms with Crippen LogP contribution in [0.5, 0.6) is 5.75 Å². The average Bonchev–Trinajstić information content (AvgIpc) is 2.45. The largest absolute Gasteiger partial charge is 0.491 e. The van der Waals surface area contributed by atoms with Crippen LogP contribution in [0, 0.1) is 0 Å². The minimum atomic E-state index is 0.0505. The molecule has 6 heteroatoms. The molecular weight excluding hydrogens is 266 g/mol. The first-order valence-electron chi connectivity index (χ1n) is 6.98. The summed E-state index contributed by atoms with van der Waals surface area (Å²) >= 11 is 0. The number of ether oxygens (including phenoxy) is 1. The summed E-state index contributed by atoms with van der Waals surface area (Å²) in [6, 6.07) is 8.19. The number of hydrogen-bond acceptors (Lipinski definition) is 6. The molecule has 1 aromatic heterocycles. The van der Waals surface area contributed by atoms with Gasteiger partial charge in [-0.15, -0.1) is 0 Å². The van der Waals surface area contributed by atoms with Crippen molar-refractivity contribution < 1.29 is 4.74 Å². The molecule has 2 aromatic rings. The zero-order chi connectivity index (χ0) is 15.2. The second-order valence-corrected chi connectivity index (χ2v) is 5.25. The number of hydrogen-bond donors (Lipinski definition) is 2. The zero-order valence-corrected chi connectivity index (χ0v) is 12.6. The van der Waals surface area contributed by atoms with E-state index in [1.54, 1.807) is 0 Å². The highest BCUT2D eigenvalue weighted by Crippen LogP contribution is 2.20. The molecule has 1 unspecified atom stereocenters. The molecule has 1 heterocycles. The Morgan fingerprint density at radius 3 is 2.76 bits per heavy atom. The highest BCUT2D eigenvalue weighted by Gasteiger charge is 2.07. The molecule has 0 spiro atoms. The number of nitrogens with one attached hydrogen (secondary N) is 1. The fraction of sp³-hybridized carbons (Fsp3) is 0.400. The molecule has 0 amide bonds. The summed E-state index contributed by atoms with van der Waals surface area (Å²) in [5, 5.41) is 3.12. The van der Waals surface area contributed by atoms with E-state index in [0.29, 0.717) is 18.5 Å². The van der Waals surface area contributed by atoms with Gasteiger partial charge in [-0.2, -0.15) is 4.98 Å². The third-order valence-electron chi connectivity index (χ3n) is 2.99. The number of nitrogens with zero attached hydrogens (tertiary/aromatic N) is 3. The Bertz CT molecular complexity index is 588. The van der Waals surface area contributed by atoms with E-state index in [0.717, 1.165) is 5.75 Å². The van der Waals surface area contributed by atoms with E-state index in [1.165, 1.54) is 11.9 Å². The molecule has 3 N–H and O–H groups in total. The highest BCUT2D eigenvalue weighted by atomic mass is 16.5. The quantitative estimate of drug-likeness (QED) is 0.848. The fourth-order valence-corrected chi connectivity index (χ4v) is 1.83. The lowest BCUT2D eigenvalue weighted by atomic mass is 10.0. The van der Waals surface area contributed by atoms with Gasteiger partial charge < -0.3 is 15.8 Å². The van der Waals surface area contributed by atoms with Gasteiger partial charge in [-0.25, -0.2) is 9.97 Å². The molecule has 0 fully saturated rings. The van der Waals surface area contributed by atoms with Gasteiger partial charge in [0.1, 0.15) is 18.7 Å². The molecule has 1 aromatic carbocycles. The van der Waals surface area contributed by atoms with Crippen molar-refractivity contribution in [3.63, 3.8) is 0 Å². The Morgan fingerprint density at radius 2 is 2.05 bits per heavy atom. The van der Waals surface area contributed by atoms with Gasteiger partial charge in [0.25, 0.3) is 0 Å². The van der Waals surface area contributed by atoms with Crippen LogP contribution in [0.2, 0.25) is 0 Å². The number of nitrogen functional groups attached to an aromatic ring is 1. The van der Waals surface area contributed by atoms with Crippen molar-refractivity contribution in [2.24, 2.45) is 0 Å². The van der Waals surface area contributed by atoms with Crippen molar-refractivity contribution in [3.05, 3.63) is 36.2 Å². The molecule has 0 radical (unpaired) electrons. The lowest BCUT2D eigenvalue weighted by Crippen LogP contribution is -2.25. The van der Waals surface area contributed by atoms with Crippen LogP contribution in [0.25, 0.3) is 0 Å². The summed E-state index contributed by atoms with van der Waals surface area (Å²) in [5.41, 5.74) is 6.77. The molecule has 0 saturated carbocycles. The van der Waals surface area contributed by atoms with E-state index < -0.39 is 0 Å². The first kappa shape index (κ1) is 15.0. The van der Waals surface area contributed by atoms with Crippen LogP contribution in [0.3, 0.4) is 0 Å². The van der Waals surface area contributed by atoms with Gasteiger partial charge >= 0.3 is 0 Å². The van der Waals surface area contributed by atoms with E-state index in [2.05, 4.69) is 46.2 Å². The van der Waals surface area contributed by atoms with Crippen molar-refractivity contribution in [3.8, 4) is 5.75 Å². The minimum absolute atomic E-state index is 0.0505. The summed E-state index contributed by atoms with van der Waals surface area (Å²) in [6.07, 6.45) is 1.38. The molecule has 0 aliphatic carbocycles. The maximum Gasteiger partial charge on any atom is 0.227 e. The summed E-state index contributed by atoms with van der Waals surface area (Å²) in [4.78, 5) is 11.7. The number of aromatic nitrogens is 3. The van der Waals surface area contributed by atoms with Crippen LogP contribution in [-0.4, -0.2) is 27.6 Å². The second-order valence-electron chi connectivity index (χ2n) is 5.25. The lowest BCUT2D eigenvalue weighted by molar-refractivity contribution is 0.303. The third kappa shape index (κ3) is 4.59. The van der Waals surface area contributed by atoms with Crippen LogP contribution < -0.4 is 15.8 Å². The molecule has 1 atom stereocenters. The topological polar surface area (TPSA) is 86.0 Å². The molecule has 0 bridgehead atoms. The van der Waals surface area contributed by atoms with Crippen molar-refractivity contribution in [1.82, 2.24) is 15.0 Å². The normalized spacial score (nSPS) is 12.2. The SMILES string of the molecule is CC(COc1cccc(C(C)C)c1)Nc1ncnc(N)n1. The fourth-order valence-electron chi connectivity index (χ4n) is 1.83. The van der Waals surface area contributed by atoms with Gasteiger partial charge in [-0.1, -0.05) is 26.0 Å². The Morgan fingerprint density at radius 1 is 1.24 bits per heavy atom. The third-order valence-corrected chi connectivity index (χ3v) is 2.99. The highest BCUT2D eigenvalue weighted by molar-refractivity contribution is 5.31.